The molecule has 2 aromatic heterocycles. The zero-order valence-corrected chi connectivity index (χ0v) is 12.1. The second-order valence-electron chi connectivity index (χ2n) is 4.23. The van der Waals surface area contributed by atoms with Gasteiger partial charge in [0.05, 0.1) is 0 Å². The second-order valence-corrected chi connectivity index (χ2v) is 5.15. The normalized spacial score (nSPS) is 19.5. The summed E-state index contributed by atoms with van der Waals surface area (Å²) < 4.78 is 6.25. The summed E-state index contributed by atoms with van der Waals surface area (Å²) in [5.74, 6) is 1.73. The zero-order valence-electron chi connectivity index (χ0n) is 9.65. The molecule has 1 aliphatic rings. The maximum Gasteiger partial charge on any atom is 0.274 e. The molecule has 1 aliphatic heterocycles. The van der Waals surface area contributed by atoms with Gasteiger partial charge in [0, 0.05) is 23.1 Å². The molecule has 0 aromatic carbocycles. The number of aromatic amines is 1. The summed E-state index contributed by atoms with van der Waals surface area (Å²) in [4.78, 5) is 7.53. The highest BCUT2D eigenvalue weighted by atomic mass is 79.9. The van der Waals surface area contributed by atoms with Crippen LogP contribution < -0.4 is 5.32 Å². The predicted molar refractivity (Wildman–Crippen MR) is 73.9 cm³/mol. The number of H-pyrrole nitrogens is 1. The van der Waals surface area contributed by atoms with Gasteiger partial charge in [-0.05, 0) is 41.4 Å². The maximum absolute atomic E-state index is 5.28. The van der Waals surface area contributed by atoms with E-state index in [1.54, 1.807) is 0 Å². The van der Waals surface area contributed by atoms with Crippen molar-refractivity contribution in [2.45, 2.75) is 18.8 Å². The smallest absolute Gasteiger partial charge is 0.274 e. The van der Waals surface area contributed by atoms with Gasteiger partial charge in [-0.15, -0.1) is 12.4 Å². The third kappa shape index (κ3) is 2.76. The van der Waals surface area contributed by atoms with Crippen LogP contribution in [0.15, 0.2) is 21.3 Å². The van der Waals surface area contributed by atoms with E-state index in [2.05, 4.69) is 36.4 Å². The third-order valence-corrected chi connectivity index (χ3v) is 3.44. The van der Waals surface area contributed by atoms with Crippen molar-refractivity contribution in [1.29, 1.82) is 0 Å². The van der Waals surface area contributed by atoms with Gasteiger partial charge >= 0.3 is 0 Å². The summed E-state index contributed by atoms with van der Waals surface area (Å²) in [6.45, 7) is 2.03. The second kappa shape index (κ2) is 5.86. The number of halogens is 2. The first-order chi connectivity index (χ1) is 8.33. The molecule has 5 nitrogen and oxygen atoms in total. The summed E-state index contributed by atoms with van der Waals surface area (Å²) >= 11 is 3.38. The molecule has 18 heavy (non-hydrogen) atoms. The van der Waals surface area contributed by atoms with Crippen LogP contribution in [0.5, 0.6) is 0 Å². The van der Waals surface area contributed by atoms with Crippen LogP contribution in [0.4, 0.5) is 0 Å². The van der Waals surface area contributed by atoms with Gasteiger partial charge in [0.15, 0.2) is 5.82 Å². The van der Waals surface area contributed by atoms with Gasteiger partial charge in [0.2, 0.25) is 0 Å². The minimum Gasteiger partial charge on any atom is -0.356 e. The highest BCUT2D eigenvalue weighted by molar-refractivity contribution is 9.10. The average molecular weight is 334 g/mol. The molecule has 0 unspecified atom stereocenters. The quantitative estimate of drug-likeness (QED) is 0.887. The van der Waals surface area contributed by atoms with E-state index in [1.165, 1.54) is 6.42 Å². The van der Waals surface area contributed by atoms with Gasteiger partial charge < -0.3 is 14.8 Å². The van der Waals surface area contributed by atoms with Gasteiger partial charge in [-0.3, -0.25) is 0 Å². The molecule has 0 aliphatic carbocycles. The summed E-state index contributed by atoms with van der Waals surface area (Å²) in [6.07, 6.45) is 4.14. The molecule has 7 heteroatoms. The van der Waals surface area contributed by atoms with E-state index in [1.807, 2.05) is 12.3 Å². The Balaban J connectivity index is 0.00000120. The molecule has 0 amide bonds. The number of piperidine rings is 1. The Labute approximate surface area is 119 Å². The van der Waals surface area contributed by atoms with Crippen LogP contribution in [0, 0.1) is 0 Å². The molecule has 0 bridgehead atoms. The molecule has 3 heterocycles. The lowest BCUT2D eigenvalue weighted by atomic mass is 9.99. The SMILES string of the molecule is Brc1c[nH]c(-c2nc([C@H]3CCCNC3)no2)c1.Cl. The molecule has 1 fully saturated rings. The van der Waals surface area contributed by atoms with E-state index in [0.29, 0.717) is 11.8 Å². The van der Waals surface area contributed by atoms with E-state index < -0.39 is 0 Å². The summed E-state index contributed by atoms with van der Waals surface area (Å²) in [5, 5.41) is 7.41. The Morgan fingerprint density at radius 3 is 3.00 bits per heavy atom. The van der Waals surface area contributed by atoms with Crippen molar-refractivity contribution < 1.29 is 4.52 Å². The minimum atomic E-state index is 0. The fourth-order valence-electron chi connectivity index (χ4n) is 2.07. The number of hydrogen-bond acceptors (Lipinski definition) is 4. The standard InChI is InChI=1S/C11H13BrN4O.ClH/c12-8-4-9(14-6-8)11-15-10(16-17-11)7-2-1-3-13-5-7;/h4,6-7,13-14H,1-3,5H2;1H/t7-;/m0./s1. The Morgan fingerprint density at radius 2 is 2.33 bits per heavy atom. The van der Waals surface area contributed by atoms with Crippen molar-refractivity contribution in [3.63, 3.8) is 0 Å². The minimum absolute atomic E-state index is 0. The van der Waals surface area contributed by atoms with Crippen LogP contribution in [-0.4, -0.2) is 28.2 Å². The monoisotopic (exact) mass is 332 g/mol. The van der Waals surface area contributed by atoms with Gasteiger partial charge in [-0.1, -0.05) is 5.16 Å². The van der Waals surface area contributed by atoms with Crippen LogP contribution in [0.3, 0.4) is 0 Å². The fraction of sp³-hybridized carbons (Fsp3) is 0.455. The largest absolute Gasteiger partial charge is 0.356 e. The highest BCUT2D eigenvalue weighted by Gasteiger charge is 2.21. The summed E-state index contributed by atoms with van der Waals surface area (Å²) in [7, 11) is 0. The predicted octanol–water partition coefficient (Wildman–Crippen LogP) is 2.72. The number of rotatable bonds is 2. The average Bonchev–Trinajstić information content (AvgIpc) is 2.98. The topological polar surface area (TPSA) is 66.7 Å². The van der Waals surface area contributed by atoms with Crippen molar-refractivity contribution in [2.24, 2.45) is 0 Å². The van der Waals surface area contributed by atoms with Gasteiger partial charge in [-0.25, -0.2) is 0 Å². The van der Waals surface area contributed by atoms with E-state index in [4.69, 9.17) is 4.52 Å². The van der Waals surface area contributed by atoms with E-state index >= 15 is 0 Å². The molecule has 2 N–H and O–H groups in total. The molecule has 0 saturated carbocycles. The van der Waals surface area contributed by atoms with Crippen LogP contribution in [0.2, 0.25) is 0 Å². The first kappa shape index (κ1) is 13.6. The Hall–Kier alpha value is -0.850. The van der Waals surface area contributed by atoms with E-state index in [9.17, 15) is 0 Å². The molecule has 1 saturated heterocycles. The van der Waals surface area contributed by atoms with Crippen molar-refractivity contribution in [3.05, 3.63) is 22.6 Å². The van der Waals surface area contributed by atoms with Crippen molar-refractivity contribution in [1.82, 2.24) is 20.4 Å². The first-order valence-electron chi connectivity index (χ1n) is 5.71. The molecule has 2 aromatic rings. The fourth-order valence-corrected chi connectivity index (χ4v) is 2.42. The van der Waals surface area contributed by atoms with Crippen LogP contribution in [0.1, 0.15) is 24.6 Å². The van der Waals surface area contributed by atoms with Gasteiger partial charge in [0.1, 0.15) is 5.69 Å². The lowest BCUT2D eigenvalue weighted by Gasteiger charge is -2.19. The van der Waals surface area contributed by atoms with Crippen LogP contribution >= 0.6 is 28.3 Å². The molecule has 0 radical (unpaired) electrons. The molecular formula is C11H14BrClN4O. The van der Waals surface area contributed by atoms with Gasteiger partial charge in [-0.2, -0.15) is 4.98 Å². The number of nitrogens with one attached hydrogen (secondary N) is 2. The number of nitrogens with zero attached hydrogens (tertiary/aromatic N) is 2. The number of aromatic nitrogens is 3. The lowest BCUT2D eigenvalue weighted by Crippen LogP contribution is -2.28. The Kier molecular flexibility index (Phi) is 4.42. The van der Waals surface area contributed by atoms with Crippen LogP contribution in [-0.2, 0) is 0 Å². The lowest BCUT2D eigenvalue weighted by molar-refractivity contribution is 0.392. The first-order valence-corrected chi connectivity index (χ1v) is 6.51. The highest BCUT2D eigenvalue weighted by Crippen LogP contribution is 2.25. The van der Waals surface area contributed by atoms with Crippen molar-refractivity contribution >= 4 is 28.3 Å². The number of hydrogen-bond donors (Lipinski definition) is 2. The maximum atomic E-state index is 5.28. The molecule has 0 spiro atoms. The van der Waals surface area contributed by atoms with Crippen molar-refractivity contribution in [3.8, 4) is 11.6 Å². The molecule has 1 atom stereocenters. The zero-order chi connectivity index (χ0) is 11.7. The molecule has 3 rings (SSSR count). The van der Waals surface area contributed by atoms with Crippen LogP contribution in [0.25, 0.3) is 11.6 Å². The summed E-state index contributed by atoms with van der Waals surface area (Å²) in [6, 6.07) is 1.93. The Bertz CT molecular complexity index is 507. The van der Waals surface area contributed by atoms with E-state index in [-0.39, 0.29) is 12.4 Å². The molecular weight excluding hydrogens is 320 g/mol. The third-order valence-electron chi connectivity index (χ3n) is 2.98. The van der Waals surface area contributed by atoms with Gasteiger partial charge in [0.25, 0.3) is 5.89 Å². The molecule has 98 valence electrons. The summed E-state index contributed by atoms with van der Waals surface area (Å²) in [5.41, 5.74) is 0.847. The van der Waals surface area contributed by atoms with E-state index in [0.717, 1.165) is 35.5 Å². The Morgan fingerprint density at radius 1 is 1.44 bits per heavy atom. The van der Waals surface area contributed by atoms with Crippen molar-refractivity contribution in [2.75, 3.05) is 13.1 Å².